The number of primary amides is 1. The Morgan fingerprint density at radius 3 is 2.09 bits per heavy atom. The van der Waals surface area contributed by atoms with E-state index in [1.54, 1.807) is 11.2 Å². The van der Waals surface area contributed by atoms with Gasteiger partial charge in [-0.3, -0.25) is 43.4 Å². The van der Waals surface area contributed by atoms with E-state index in [1.807, 2.05) is 13.8 Å². The van der Waals surface area contributed by atoms with Crippen molar-refractivity contribution in [1.82, 2.24) is 41.7 Å². The lowest BCUT2D eigenvalue weighted by atomic mass is 10.0. The first-order valence-electron chi connectivity index (χ1n) is 20.4. The number of nitrogens with zero attached hydrogens (tertiary/aromatic N) is 3. The molecule has 0 bridgehead atoms. The predicted molar refractivity (Wildman–Crippen MR) is 216 cm³/mol. The highest BCUT2D eigenvalue weighted by Crippen LogP contribution is 2.11. The summed E-state index contributed by atoms with van der Waals surface area (Å²) in [5.41, 5.74) is 17.4. The Labute approximate surface area is 338 Å². The number of carbonyl (C=O) groups is 8. The van der Waals surface area contributed by atoms with Gasteiger partial charge in [0.15, 0.2) is 11.6 Å². The molecule has 0 saturated carbocycles. The van der Waals surface area contributed by atoms with Gasteiger partial charge in [-0.2, -0.15) is 0 Å². The summed E-state index contributed by atoms with van der Waals surface area (Å²) in [5, 5.41) is 9.76. The molecule has 1 rings (SSSR count). The van der Waals surface area contributed by atoms with Gasteiger partial charge in [0, 0.05) is 76.7 Å². The molecule has 1 aliphatic rings. The van der Waals surface area contributed by atoms with Crippen molar-refractivity contribution in [2.24, 2.45) is 17.4 Å². The molecule has 0 aromatic heterocycles. The van der Waals surface area contributed by atoms with E-state index in [0.717, 1.165) is 25.9 Å². The maximum absolute atomic E-state index is 13.4. The molecular formula is C39H70N10O8. The molecule has 5 amide bonds. The summed E-state index contributed by atoms with van der Waals surface area (Å²) in [6.07, 6.45) is 4.00. The van der Waals surface area contributed by atoms with Crippen LogP contribution >= 0.6 is 0 Å². The summed E-state index contributed by atoms with van der Waals surface area (Å²) >= 11 is 0. The summed E-state index contributed by atoms with van der Waals surface area (Å²) in [6, 6.07) is -1.35. The van der Waals surface area contributed by atoms with Crippen molar-refractivity contribution >= 4 is 46.9 Å². The fourth-order valence-electron chi connectivity index (χ4n) is 6.13. The second-order valence-corrected chi connectivity index (χ2v) is 15.2. The van der Waals surface area contributed by atoms with E-state index < -0.39 is 41.6 Å². The van der Waals surface area contributed by atoms with E-state index in [-0.39, 0.29) is 87.8 Å². The standard InChI is InChI=1S/C39H70N10O8/c1-7-47(28(4)5)21-9-8-11-32(44-38(56)17-13-33(51)29(6)43-37(55)15-12-31(50)23-27(2)3)34(52)14-16-36(54)42-20-18-39(57)48(26-35(41)53)24-30-25-49(46-45-30)22-10-19-40/h25,27-29,32,45-46H,7-24,26,40H2,1-6H3,(H2,41,53)(H,42,54)(H,43,55)(H,44,56)/t29-,32-/m0/s1. The number of Topliss-reactive ketones (excluding diaryl/α,β-unsaturated/α-hetero) is 3. The lowest BCUT2D eigenvalue weighted by molar-refractivity contribution is -0.135. The van der Waals surface area contributed by atoms with Gasteiger partial charge in [0.25, 0.3) is 0 Å². The van der Waals surface area contributed by atoms with Gasteiger partial charge < -0.3 is 42.6 Å². The molecule has 0 aliphatic carbocycles. The second kappa shape index (κ2) is 28.1. The first kappa shape index (κ1) is 50.6. The summed E-state index contributed by atoms with van der Waals surface area (Å²) in [5.74, 6) is -2.96. The van der Waals surface area contributed by atoms with E-state index >= 15 is 0 Å². The molecule has 2 atom stereocenters. The van der Waals surface area contributed by atoms with Gasteiger partial charge in [-0.1, -0.05) is 20.8 Å². The topological polar surface area (TPSA) is 258 Å². The molecule has 0 radical (unpaired) electrons. The Hall–Kier alpha value is -4.42. The van der Waals surface area contributed by atoms with Gasteiger partial charge in [-0.05, 0) is 72.0 Å². The van der Waals surface area contributed by atoms with Crippen LogP contribution in [-0.4, -0.2) is 126 Å². The Bertz CT molecular complexity index is 1370. The molecule has 0 saturated heterocycles. The number of hydrogen-bond acceptors (Lipinski definition) is 13. The minimum atomic E-state index is -0.863. The van der Waals surface area contributed by atoms with Crippen LogP contribution in [0.25, 0.3) is 0 Å². The van der Waals surface area contributed by atoms with Crippen LogP contribution in [0.3, 0.4) is 0 Å². The fraction of sp³-hybridized carbons (Fsp3) is 0.744. The Morgan fingerprint density at radius 2 is 1.46 bits per heavy atom. The van der Waals surface area contributed by atoms with Crippen LogP contribution in [0, 0.1) is 5.92 Å². The number of rotatable bonds is 32. The Morgan fingerprint density at radius 1 is 0.807 bits per heavy atom. The monoisotopic (exact) mass is 807 g/mol. The molecular weight excluding hydrogens is 736 g/mol. The van der Waals surface area contributed by atoms with Gasteiger partial charge in [0.1, 0.15) is 5.78 Å². The molecule has 0 unspecified atom stereocenters. The highest BCUT2D eigenvalue weighted by atomic mass is 16.2. The number of nitrogens with two attached hydrogens (primary N) is 2. The second-order valence-electron chi connectivity index (χ2n) is 15.2. The molecule has 0 spiro atoms. The van der Waals surface area contributed by atoms with E-state index in [9.17, 15) is 38.4 Å². The van der Waals surface area contributed by atoms with Gasteiger partial charge >= 0.3 is 0 Å². The summed E-state index contributed by atoms with van der Waals surface area (Å²) in [6.45, 7) is 14.3. The van der Waals surface area contributed by atoms with Crippen molar-refractivity contribution in [3.8, 4) is 0 Å². The Balaban J connectivity index is 2.70. The van der Waals surface area contributed by atoms with E-state index in [2.05, 4.69) is 52.6 Å². The molecule has 1 heterocycles. The van der Waals surface area contributed by atoms with E-state index in [1.165, 1.54) is 11.8 Å². The van der Waals surface area contributed by atoms with Crippen LogP contribution < -0.4 is 38.4 Å². The third kappa shape index (κ3) is 22.8. The molecule has 9 N–H and O–H groups in total. The van der Waals surface area contributed by atoms with Crippen molar-refractivity contribution in [3.05, 3.63) is 11.9 Å². The van der Waals surface area contributed by atoms with Gasteiger partial charge in [0.05, 0.1) is 30.9 Å². The molecule has 1 aliphatic heterocycles. The normalized spacial score (nSPS) is 13.5. The van der Waals surface area contributed by atoms with Crippen LogP contribution in [0.4, 0.5) is 0 Å². The van der Waals surface area contributed by atoms with Crippen molar-refractivity contribution in [2.75, 3.05) is 45.8 Å². The minimum absolute atomic E-state index is 0.0173. The fourth-order valence-corrected chi connectivity index (χ4v) is 6.13. The summed E-state index contributed by atoms with van der Waals surface area (Å²) in [7, 11) is 0. The molecule has 0 aromatic carbocycles. The molecule has 0 aromatic rings. The Kier molecular flexibility index (Phi) is 24.9. The van der Waals surface area contributed by atoms with Crippen LogP contribution in [-0.2, 0) is 38.4 Å². The number of amides is 5. The zero-order chi connectivity index (χ0) is 42.9. The van der Waals surface area contributed by atoms with Gasteiger partial charge in [-0.15, -0.1) is 5.53 Å². The van der Waals surface area contributed by atoms with Crippen molar-refractivity contribution in [3.63, 3.8) is 0 Å². The van der Waals surface area contributed by atoms with Crippen molar-refractivity contribution in [1.29, 1.82) is 0 Å². The van der Waals surface area contributed by atoms with Crippen molar-refractivity contribution < 1.29 is 38.4 Å². The van der Waals surface area contributed by atoms with E-state index in [4.69, 9.17) is 11.5 Å². The molecule has 324 valence electrons. The maximum Gasteiger partial charge on any atom is 0.237 e. The summed E-state index contributed by atoms with van der Waals surface area (Å²) in [4.78, 5) is 104. The number of hydrogen-bond donors (Lipinski definition) is 7. The average molecular weight is 807 g/mol. The number of ketones is 3. The van der Waals surface area contributed by atoms with Gasteiger partial charge in [0.2, 0.25) is 29.5 Å². The number of hydrazine groups is 2. The largest absolute Gasteiger partial charge is 0.368 e. The quantitative estimate of drug-likeness (QED) is 0.0453. The minimum Gasteiger partial charge on any atom is -0.368 e. The van der Waals surface area contributed by atoms with Gasteiger partial charge in [-0.25, -0.2) is 0 Å². The lowest BCUT2D eigenvalue weighted by Gasteiger charge is -2.25. The van der Waals surface area contributed by atoms with E-state index in [0.29, 0.717) is 44.1 Å². The molecule has 18 nitrogen and oxygen atoms in total. The molecule has 0 fully saturated rings. The van der Waals surface area contributed by atoms with Crippen LogP contribution in [0.2, 0.25) is 0 Å². The van der Waals surface area contributed by atoms with Crippen LogP contribution in [0.1, 0.15) is 119 Å². The highest BCUT2D eigenvalue weighted by Gasteiger charge is 2.24. The SMILES string of the molecule is CCN(CCCC[C@H](NC(=O)CCC(=O)[C@H](C)NC(=O)CCC(=O)CC(C)C)C(=O)CCC(=O)NCCC(=O)N(CC(N)=O)CC1=CN(CCCN)NN1)C(C)C. The van der Waals surface area contributed by atoms with Crippen LogP contribution in [0.15, 0.2) is 11.9 Å². The highest BCUT2D eigenvalue weighted by molar-refractivity contribution is 5.94. The third-order valence-electron chi connectivity index (χ3n) is 9.37. The number of nitrogens with one attached hydrogen (secondary N) is 5. The number of unbranched alkanes of at least 4 members (excludes halogenated alkanes) is 1. The average Bonchev–Trinajstić information content (AvgIpc) is 3.59. The number of carbonyl (C=O) groups excluding carboxylic acids is 8. The summed E-state index contributed by atoms with van der Waals surface area (Å²) < 4.78 is 0. The smallest absolute Gasteiger partial charge is 0.237 e. The molecule has 18 heteroatoms. The zero-order valence-electron chi connectivity index (χ0n) is 35.1. The maximum atomic E-state index is 13.4. The first-order chi connectivity index (χ1) is 26.9. The van der Waals surface area contributed by atoms with Crippen molar-refractivity contribution in [2.45, 2.75) is 137 Å². The third-order valence-corrected chi connectivity index (χ3v) is 9.37. The zero-order valence-corrected chi connectivity index (χ0v) is 35.1. The predicted octanol–water partition coefficient (Wildman–Crippen LogP) is 0.306. The lowest BCUT2D eigenvalue weighted by Crippen LogP contribution is -2.43. The molecule has 57 heavy (non-hydrogen) atoms. The first-order valence-corrected chi connectivity index (χ1v) is 20.4. The van der Waals surface area contributed by atoms with Crippen LogP contribution in [0.5, 0.6) is 0 Å².